The van der Waals surface area contributed by atoms with Crippen LogP contribution in [-0.4, -0.2) is 18.7 Å². The Hall–Kier alpha value is -1.55. The summed E-state index contributed by atoms with van der Waals surface area (Å²) in [6.45, 7) is 3.41. The first-order valence-corrected chi connectivity index (χ1v) is 5.11. The van der Waals surface area contributed by atoms with E-state index in [2.05, 4.69) is 10.2 Å². The second-order valence-corrected chi connectivity index (χ2v) is 3.50. The van der Waals surface area contributed by atoms with E-state index < -0.39 is 5.90 Å². The van der Waals surface area contributed by atoms with Crippen molar-refractivity contribution in [2.75, 3.05) is 6.61 Å². The van der Waals surface area contributed by atoms with Crippen LogP contribution < -0.4 is 9.84 Å². The van der Waals surface area contributed by atoms with Crippen molar-refractivity contribution in [2.24, 2.45) is 10.2 Å². The van der Waals surface area contributed by atoms with Crippen molar-refractivity contribution in [2.45, 2.75) is 13.8 Å². The van der Waals surface area contributed by atoms with Gasteiger partial charge in [-0.2, -0.15) is 10.2 Å². The molecular weight excluding hydrogens is 228 g/mol. The minimum Gasteiger partial charge on any atom is -0.858 e. The maximum absolute atomic E-state index is 11.1. The molecule has 0 fully saturated rings. The summed E-state index contributed by atoms with van der Waals surface area (Å²) in [7, 11) is 0. The van der Waals surface area contributed by atoms with Gasteiger partial charge in [-0.05, 0) is 37.6 Å². The van der Waals surface area contributed by atoms with Crippen LogP contribution in [0.25, 0.3) is 0 Å². The number of ether oxygens (including phenoxy) is 1. The van der Waals surface area contributed by atoms with Crippen molar-refractivity contribution in [3.05, 3.63) is 28.8 Å². The van der Waals surface area contributed by atoms with Gasteiger partial charge in [-0.1, -0.05) is 11.6 Å². The SMILES string of the molecule is CC=NN=C([O-])COc1ccc(Cl)cc1C. The number of rotatable bonds is 4. The van der Waals surface area contributed by atoms with Crippen molar-refractivity contribution < 1.29 is 9.84 Å². The Balaban J connectivity index is 2.61. The van der Waals surface area contributed by atoms with Crippen molar-refractivity contribution in [1.29, 1.82) is 0 Å². The number of hydrogen-bond donors (Lipinski definition) is 0. The van der Waals surface area contributed by atoms with Crippen LogP contribution in [0, 0.1) is 6.92 Å². The normalized spacial score (nSPS) is 12.1. The molecule has 0 N–H and O–H groups in total. The van der Waals surface area contributed by atoms with Gasteiger partial charge in [0.05, 0.1) is 0 Å². The van der Waals surface area contributed by atoms with Gasteiger partial charge in [-0.3, -0.25) is 0 Å². The van der Waals surface area contributed by atoms with E-state index >= 15 is 0 Å². The number of nitrogens with zero attached hydrogens (tertiary/aromatic N) is 2. The van der Waals surface area contributed by atoms with Gasteiger partial charge in [-0.15, -0.1) is 0 Å². The van der Waals surface area contributed by atoms with Crippen molar-refractivity contribution in [1.82, 2.24) is 0 Å². The van der Waals surface area contributed by atoms with Crippen LogP contribution in [0.2, 0.25) is 5.02 Å². The Kier molecular flexibility index (Phi) is 4.79. The van der Waals surface area contributed by atoms with Gasteiger partial charge < -0.3 is 9.84 Å². The van der Waals surface area contributed by atoms with Crippen LogP contribution in [0.4, 0.5) is 0 Å². The maximum Gasteiger partial charge on any atom is 0.122 e. The fraction of sp³-hybridized carbons (Fsp3) is 0.273. The molecule has 0 aromatic heterocycles. The highest BCUT2D eigenvalue weighted by Gasteiger charge is 1.99. The van der Waals surface area contributed by atoms with Crippen LogP contribution in [0.15, 0.2) is 28.4 Å². The van der Waals surface area contributed by atoms with E-state index in [9.17, 15) is 5.11 Å². The molecule has 1 aromatic rings. The Morgan fingerprint density at radius 3 is 2.94 bits per heavy atom. The van der Waals surface area contributed by atoms with E-state index in [0.717, 1.165) is 5.56 Å². The molecule has 0 aliphatic heterocycles. The number of hydrogen-bond acceptors (Lipinski definition) is 4. The molecular formula is C11H12ClN2O2-. The summed E-state index contributed by atoms with van der Waals surface area (Å²) in [6.07, 6.45) is 1.44. The predicted molar refractivity (Wildman–Crippen MR) is 63.3 cm³/mol. The molecule has 0 saturated heterocycles. The first-order chi connectivity index (χ1) is 7.63. The van der Waals surface area contributed by atoms with Crippen molar-refractivity contribution >= 4 is 23.7 Å². The summed E-state index contributed by atoms with van der Waals surface area (Å²) in [5.41, 5.74) is 0.874. The van der Waals surface area contributed by atoms with Crippen molar-refractivity contribution in [3.63, 3.8) is 0 Å². The monoisotopic (exact) mass is 239 g/mol. The number of aryl methyl sites for hydroxylation is 1. The molecule has 0 unspecified atom stereocenters. The van der Waals surface area contributed by atoms with Gasteiger partial charge in [0.1, 0.15) is 12.4 Å². The predicted octanol–water partition coefficient (Wildman–Crippen LogP) is 1.79. The molecule has 0 bridgehead atoms. The summed E-state index contributed by atoms with van der Waals surface area (Å²) in [5, 5.41) is 18.6. The third-order valence-electron chi connectivity index (χ3n) is 1.77. The summed E-state index contributed by atoms with van der Waals surface area (Å²) >= 11 is 5.79. The lowest BCUT2D eigenvalue weighted by molar-refractivity contribution is -0.221. The van der Waals surface area contributed by atoms with Crippen molar-refractivity contribution in [3.8, 4) is 5.75 Å². The summed E-state index contributed by atoms with van der Waals surface area (Å²) in [4.78, 5) is 0. The zero-order chi connectivity index (χ0) is 12.0. The Morgan fingerprint density at radius 2 is 2.31 bits per heavy atom. The highest BCUT2D eigenvalue weighted by atomic mass is 35.5. The molecule has 0 amide bonds. The average molecular weight is 240 g/mol. The molecule has 0 aliphatic carbocycles. The van der Waals surface area contributed by atoms with E-state index in [1.54, 1.807) is 25.1 Å². The molecule has 0 heterocycles. The van der Waals surface area contributed by atoms with Gasteiger partial charge in [0.15, 0.2) is 0 Å². The highest BCUT2D eigenvalue weighted by molar-refractivity contribution is 6.30. The van der Waals surface area contributed by atoms with E-state index in [0.29, 0.717) is 10.8 Å². The first-order valence-electron chi connectivity index (χ1n) is 4.74. The zero-order valence-corrected chi connectivity index (χ0v) is 9.86. The Labute approximate surface area is 99.2 Å². The Bertz CT molecular complexity index is 416. The van der Waals surface area contributed by atoms with Crippen LogP contribution >= 0.6 is 11.6 Å². The molecule has 5 heteroatoms. The van der Waals surface area contributed by atoms with Crippen LogP contribution in [0.1, 0.15) is 12.5 Å². The standard InChI is InChI=1S/C11H13ClN2O2/c1-3-13-14-11(15)7-16-10-5-4-9(12)6-8(10)2/h3-6H,7H2,1-2H3,(H,14,15)/p-1. The molecule has 0 spiro atoms. The lowest BCUT2D eigenvalue weighted by Gasteiger charge is -2.12. The largest absolute Gasteiger partial charge is 0.858 e. The van der Waals surface area contributed by atoms with Crippen LogP contribution in [0.3, 0.4) is 0 Å². The van der Waals surface area contributed by atoms with E-state index in [-0.39, 0.29) is 6.61 Å². The molecule has 86 valence electrons. The molecule has 1 aromatic carbocycles. The highest BCUT2D eigenvalue weighted by Crippen LogP contribution is 2.21. The fourth-order valence-electron chi connectivity index (χ4n) is 1.07. The molecule has 0 saturated carbocycles. The van der Waals surface area contributed by atoms with Gasteiger partial charge in [0.2, 0.25) is 0 Å². The summed E-state index contributed by atoms with van der Waals surface area (Å²) in [5.74, 6) is 0.195. The maximum atomic E-state index is 11.1. The van der Waals surface area contributed by atoms with Gasteiger partial charge in [-0.25, -0.2) is 0 Å². The molecule has 4 nitrogen and oxygen atoms in total. The van der Waals surface area contributed by atoms with Gasteiger partial charge in [0.25, 0.3) is 0 Å². The first kappa shape index (κ1) is 12.5. The topological polar surface area (TPSA) is 57.0 Å². The lowest BCUT2D eigenvalue weighted by atomic mass is 10.2. The van der Waals surface area contributed by atoms with Crippen LogP contribution in [-0.2, 0) is 0 Å². The second kappa shape index (κ2) is 6.12. The molecule has 0 radical (unpaired) electrons. The minimum absolute atomic E-state index is 0.125. The minimum atomic E-state index is -0.424. The second-order valence-electron chi connectivity index (χ2n) is 3.07. The quantitative estimate of drug-likeness (QED) is 0.457. The van der Waals surface area contributed by atoms with E-state index in [1.165, 1.54) is 6.21 Å². The Morgan fingerprint density at radius 1 is 1.56 bits per heavy atom. The third-order valence-corrected chi connectivity index (χ3v) is 2.01. The van der Waals surface area contributed by atoms with Gasteiger partial charge in [0, 0.05) is 17.1 Å². The number of benzene rings is 1. The summed E-state index contributed by atoms with van der Waals surface area (Å²) in [6, 6.07) is 5.19. The van der Waals surface area contributed by atoms with Crippen LogP contribution in [0.5, 0.6) is 5.75 Å². The molecule has 0 aliphatic rings. The molecule has 0 atom stereocenters. The fourth-order valence-corrected chi connectivity index (χ4v) is 1.29. The zero-order valence-electron chi connectivity index (χ0n) is 9.11. The molecule has 16 heavy (non-hydrogen) atoms. The molecule has 1 rings (SSSR count). The smallest absolute Gasteiger partial charge is 0.122 e. The van der Waals surface area contributed by atoms with E-state index in [4.69, 9.17) is 16.3 Å². The summed E-state index contributed by atoms with van der Waals surface area (Å²) < 4.78 is 5.27. The number of halogens is 1. The van der Waals surface area contributed by atoms with E-state index in [1.807, 2.05) is 6.92 Å². The third kappa shape index (κ3) is 3.90. The van der Waals surface area contributed by atoms with Gasteiger partial charge >= 0.3 is 0 Å². The lowest BCUT2D eigenvalue weighted by Crippen LogP contribution is -2.25. The average Bonchev–Trinajstić information content (AvgIpc) is 2.25.